The van der Waals surface area contributed by atoms with Crippen molar-refractivity contribution in [2.24, 2.45) is 0 Å². The average Bonchev–Trinajstić information content (AvgIpc) is 2.95. The first-order chi connectivity index (χ1) is 11.0. The van der Waals surface area contributed by atoms with Crippen LogP contribution in [0.4, 0.5) is 0 Å². The minimum atomic E-state index is -3.16. The normalized spacial score (nSPS) is 19.8. The van der Waals surface area contributed by atoms with Crippen molar-refractivity contribution in [3.63, 3.8) is 0 Å². The number of nitrogens with one attached hydrogen (secondary N) is 1. The predicted molar refractivity (Wildman–Crippen MR) is 89.4 cm³/mol. The third kappa shape index (κ3) is 4.77. The number of aromatic nitrogens is 3. The van der Waals surface area contributed by atoms with Gasteiger partial charge in [0.25, 0.3) is 0 Å². The Balaban J connectivity index is 1.62. The summed E-state index contributed by atoms with van der Waals surface area (Å²) in [6, 6.07) is 1.76. The van der Waals surface area contributed by atoms with Crippen LogP contribution in [0.25, 0.3) is 10.8 Å². The van der Waals surface area contributed by atoms with E-state index in [-0.39, 0.29) is 6.04 Å². The van der Waals surface area contributed by atoms with Gasteiger partial charge in [0.15, 0.2) is 10.8 Å². The van der Waals surface area contributed by atoms with E-state index in [1.54, 1.807) is 18.5 Å². The van der Waals surface area contributed by atoms with Crippen LogP contribution in [0.15, 0.2) is 23.8 Å². The van der Waals surface area contributed by atoms with Gasteiger partial charge in [0, 0.05) is 36.9 Å². The summed E-state index contributed by atoms with van der Waals surface area (Å²) < 4.78 is 25.4. The molecule has 2 aromatic heterocycles. The van der Waals surface area contributed by atoms with Crippen LogP contribution in [0.2, 0.25) is 0 Å². The number of rotatable bonds is 5. The molecule has 23 heavy (non-hydrogen) atoms. The van der Waals surface area contributed by atoms with Gasteiger partial charge >= 0.3 is 0 Å². The summed E-state index contributed by atoms with van der Waals surface area (Å²) in [5.41, 5.74) is 0.970. The Bertz CT molecular complexity index is 748. The Morgan fingerprint density at radius 2 is 2.17 bits per heavy atom. The zero-order valence-corrected chi connectivity index (χ0v) is 14.5. The third-order valence-corrected chi connectivity index (χ3v) is 5.23. The summed E-state index contributed by atoms with van der Waals surface area (Å²) in [5, 5.41) is 2.82. The van der Waals surface area contributed by atoms with E-state index in [0.29, 0.717) is 18.9 Å². The largest absolute Gasteiger partial charge is 0.296 e. The van der Waals surface area contributed by atoms with Crippen molar-refractivity contribution in [2.45, 2.75) is 25.4 Å². The van der Waals surface area contributed by atoms with Crippen LogP contribution in [0.3, 0.4) is 0 Å². The molecule has 0 amide bonds. The van der Waals surface area contributed by atoms with Gasteiger partial charge in [-0.2, -0.15) is 0 Å². The van der Waals surface area contributed by atoms with Crippen molar-refractivity contribution in [1.82, 2.24) is 24.6 Å². The van der Waals surface area contributed by atoms with Crippen LogP contribution >= 0.6 is 11.3 Å². The molecule has 1 aliphatic heterocycles. The first kappa shape index (κ1) is 16.4. The van der Waals surface area contributed by atoms with E-state index < -0.39 is 10.0 Å². The second-order valence-electron chi connectivity index (χ2n) is 5.68. The molecule has 0 saturated carbocycles. The number of hydrogen-bond acceptors (Lipinski definition) is 7. The van der Waals surface area contributed by atoms with Crippen LogP contribution in [-0.2, 0) is 16.6 Å². The molecule has 7 nitrogen and oxygen atoms in total. The predicted octanol–water partition coefficient (Wildman–Crippen LogP) is 1.11. The number of hydrogen-bond donors (Lipinski definition) is 1. The van der Waals surface area contributed by atoms with Gasteiger partial charge in [-0.25, -0.2) is 28.1 Å². The lowest BCUT2D eigenvalue weighted by Crippen LogP contribution is -2.47. The minimum Gasteiger partial charge on any atom is -0.296 e. The van der Waals surface area contributed by atoms with E-state index in [1.807, 2.05) is 5.38 Å². The second-order valence-corrected chi connectivity index (χ2v) is 8.32. The number of sulfonamides is 1. The van der Waals surface area contributed by atoms with Crippen molar-refractivity contribution in [1.29, 1.82) is 0 Å². The topological polar surface area (TPSA) is 88.1 Å². The molecule has 3 rings (SSSR count). The first-order valence-corrected chi connectivity index (χ1v) is 10.2. The average molecular weight is 353 g/mol. The highest BCUT2D eigenvalue weighted by atomic mass is 32.2. The van der Waals surface area contributed by atoms with Crippen molar-refractivity contribution >= 4 is 21.4 Å². The fraction of sp³-hybridized carbons (Fsp3) is 0.500. The van der Waals surface area contributed by atoms with Gasteiger partial charge in [-0.05, 0) is 25.5 Å². The van der Waals surface area contributed by atoms with Crippen LogP contribution in [0, 0.1) is 0 Å². The zero-order chi connectivity index (χ0) is 16.3. The molecule has 9 heteroatoms. The molecule has 0 aromatic carbocycles. The van der Waals surface area contributed by atoms with E-state index >= 15 is 0 Å². The molecule has 0 radical (unpaired) electrons. The molecule has 1 saturated heterocycles. The minimum absolute atomic E-state index is 0.0192. The van der Waals surface area contributed by atoms with Gasteiger partial charge < -0.3 is 0 Å². The fourth-order valence-corrected chi connectivity index (χ4v) is 4.27. The lowest BCUT2D eigenvalue weighted by molar-refractivity contribution is 0.193. The van der Waals surface area contributed by atoms with Crippen molar-refractivity contribution in [3.8, 4) is 10.8 Å². The molecule has 2 aromatic rings. The Hall–Kier alpha value is -1.42. The molecule has 0 spiro atoms. The molecular formula is C14H19N5O2S2. The Kier molecular flexibility index (Phi) is 5.00. The lowest BCUT2D eigenvalue weighted by Gasteiger charge is -2.32. The van der Waals surface area contributed by atoms with E-state index in [1.165, 1.54) is 17.6 Å². The number of nitrogens with zero attached hydrogens (tertiary/aromatic N) is 4. The Morgan fingerprint density at radius 3 is 2.91 bits per heavy atom. The zero-order valence-electron chi connectivity index (χ0n) is 12.8. The summed E-state index contributed by atoms with van der Waals surface area (Å²) in [5.74, 6) is 0.638. The van der Waals surface area contributed by atoms with E-state index in [9.17, 15) is 8.42 Å². The molecule has 124 valence electrons. The van der Waals surface area contributed by atoms with Crippen LogP contribution < -0.4 is 4.72 Å². The van der Waals surface area contributed by atoms with Crippen LogP contribution in [-0.4, -0.2) is 53.7 Å². The van der Waals surface area contributed by atoms with Gasteiger partial charge in [-0.1, -0.05) is 0 Å². The maximum absolute atomic E-state index is 11.4. The van der Waals surface area contributed by atoms with Crippen LogP contribution in [0.1, 0.15) is 18.5 Å². The number of piperidine rings is 1. The molecular weight excluding hydrogens is 334 g/mol. The van der Waals surface area contributed by atoms with Gasteiger partial charge in [-0.15, -0.1) is 11.3 Å². The molecule has 0 unspecified atom stereocenters. The summed E-state index contributed by atoms with van der Waals surface area (Å²) in [4.78, 5) is 15.2. The van der Waals surface area contributed by atoms with Gasteiger partial charge in [0.1, 0.15) is 0 Å². The number of likely N-dealkylation sites (tertiary alicyclic amines) is 1. The molecule has 3 heterocycles. The summed E-state index contributed by atoms with van der Waals surface area (Å²) in [7, 11) is -3.16. The van der Waals surface area contributed by atoms with Crippen molar-refractivity contribution < 1.29 is 8.42 Å². The quantitative estimate of drug-likeness (QED) is 0.866. The maximum Gasteiger partial charge on any atom is 0.208 e. The molecule has 0 bridgehead atoms. The SMILES string of the molecule is CS(=O)(=O)N[C@@H]1CCCN(Cc2csc(-c3ncccn3)n2)C1. The standard InChI is InChI=1S/C14H19N5O2S2/c1-23(20,21)18-11-4-2-7-19(8-11)9-12-10-22-14(17-12)13-15-5-3-6-16-13/h3,5-6,10-11,18H,2,4,7-9H2,1H3/t11-/m1/s1. The Morgan fingerprint density at radius 1 is 1.39 bits per heavy atom. The highest BCUT2D eigenvalue weighted by Crippen LogP contribution is 2.21. The first-order valence-electron chi connectivity index (χ1n) is 7.41. The van der Waals surface area contributed by atoms with Gasteiger partial charge in [0.2, 0.25) is 10.0 Å². The summed E-state index contributed by atoms with van der Waals surface area (Å²) in [6.07, 6.45) is 6.47. The molecule has 1 N–H and O–H groups in total. The second kappa shape index (κ2) is 7.00. The summed E-state index contributed by atoms with van der Waals surface area (Å²) in [6.45, 7) is 2.38. The van der Waals surface area contributed by atoms with Gasteiger partial charge in [-0.3, -0.25) is 4.90 Å². The Labute approximate surface area is 139 Å². The van der Waals surface area contributed by atoms with E-state index in [2.05, 4.69) is 24.6 Å². The molecule has 1 fully saturated rings. The third-order valence-electron chi connectivity index (χ3n) is 3.58. The van der Waals surface area contributed by atoms with E-state index in [0.717, 1.165) is 30.1 Å². The monoisotopic (exact) mass is 353 g/mol. The van der Waals surface area contributed by atoms with Crippen LogP contribution in [0.5, 0.6) is 0 Å². The molecule has 1 atom stereocenters. The smallest absolute Gasteiger partial charge is 0.208 e. The summed E-state index contributed by atoms with van der Waals surface area (Å²) >= 11 is 1.53. The maximum atomic E-state index is 11.4. The molecule has 1 aliphatic rings. The highest BCUT2D eigenvalue weighted by molar-refractivity contribution is 7.88. The van der Waals surface area contributed by atoms with Gasteiger partial charge in [0.05, 0.1) is 11.9 Å². The highest BCUT2D eigenvalue weighted by Gasteiger charge is 2.23. The fourth-order valence-electron chi connectivity index (χ4n) is 2.72. The van der Waals surface area contributed by atoms with Crippen molar-refractivity contribution in [2.75, 3.05) is 19.3 Å². The van der Waals surface area contributed by atoms with Crippen molar-refractivity contribution in [3.05, 3.63) is 29.5 Å². The number of thiazole rings is 1. The molecule has 0 aliphatic carbocycles. The van der Waals surface area contributed by atoms with E-state index in [4.69, 9.17) is 0 Å². The lowest BCUT2D eigenvalue weighted by atomic mass is 10.1.